The first-order valence-electron chi connectivity index (χ1n) is 10.5. The number of carbonyl (C=O) groups is 1. The molecule has 1 unspecified atom stereocenters. The predicted octanol–water partition coefficient (Wildman–Crippen LogP) is 5.18. The lowest BCUT2D eigenvalue weighted by atomic mass is 9.87. The van der Waals surface area contributed by atoms with Crippen LogP contribution in [0.4, 0.5) is 24.5 Å². The van der Waals surface area contributed by atoms with E-state index in [2.05, 4.69) is 10.5 Å². The quantitative estimate of drug-likeness (QED) is 0.678. The van der Waals surface area contributed by atoms with E-state index in [-0.39, 0.29) is 17.9 Å². The van der Waals surface area contributed by atoms with Gasteiger partial charge in [0.05, 0.1) is 11.6 Å². The highest BCUT2D eigenvalue weighted by atomic mass is 19.4. The van der Waals surface area contributed by atoms with Gasteiger partial charge in [0, 0.05) is 36.8 Å². The van der Waals surface area contributed by atoms with Gasteiger partial charge in [0.15, 0.2) is 0 Å². The van der Waals surface area contributed by atoms with Gasteiger partial charge in [0.2, 0.25) is 5.91 Å². The number of halogens is 3. The standard InChI is InChI=1S/C23H24F3N3O2/c24-23(25,26)17-5-8-19(9-6-17)29-12-10-16(11-13-29)22(30)27-21-3-1-2-15-4-7-18(28-31)14-20(15)21/h1-3,5-6,8-9,16,18H,4,7,10-14H2,(H,27,30). The molecule has 1 fully saturated rings. The Morgan fingerprint density at radius 1 is 1.03 bits per heavy atom. The summed E-state index contributed by atoms with van der Waals surface area (Å²) >= 11 is 0. The smallest absolute Gasteiger partial charge is 0.371 e. The van der Waals surface area contributed by atoms with Gasteiger partial charge >= 0.3 is 6.18 Å². The van der Waals surface area contributed by atoms with Gasteiger partial charge in [0.1, 0.15) is 0 Å². The van der Waals surface area contributed by atoms with E-state index < -0.39 is 11.7 Å². The number of hydrogen-bond acceptors (Lipinski definition) is 4. The number of benzene rings is 2. The second kappa shape index (κ2) is 8.69. The minimum Gasteiger partial charge on any atom is -0.371 e. The first kappa shape index (κ1) is 21.3. The molecule has 5 nitrogen and oxygen atoms in total. The number of fused-ring (bicyclic) bond motifs is 1. The van der Waals surface area contributed by atoms with E-state index in [1.165, 1.54) is 12.1 Å². The van der Waals surface area contributed by atoms with Crippen molar-refractivity contribution < 1.29 is 18.0 Å². The Morgan fingerprint density at radius 3 is 2.39 bits per heavy atom. The van der Waals surface area contributed by atoms with Crippen molar-refractivity contribution in [2.45, 2.75) is 44.3 Å². The van der Waals surface area contributed by atoms with Crippen LogP contribution in [0, 0.1) is 10.8 Å². The zero-order chi connectivity index (χ0) is 22.0. The van der Waals surface area contributed by atoms with Crippen molar-refractivity contribution in [1.82, 2.24) is 0 Å². The van der Waals surface area contributed by atoms with Gasteiger partial charge in [-0.05, 0) is 67.1 Å². The first-order chi connectivity index (χ1) is 14.8. The van der Waals surface area contributed by atoms with Crippen molar-refractivity contribution in [2.75, 3.05) is 23.3 Å². The molecule has 1 N–H and O–H groups in total. The van der Waals surface area contributed by atoms with Crippen LogP contribution in [0.1, 0.15) is 36.0 Å². The SMILES string of the molecule is O=NC1CCc2cccc(NC(=O)C3CCN(c4ccc(C(F)(F)F)cc4)CC3)c2C1. The molecule has 0 radical (unpaired) electrons. The molecule has 1 aliphatic heterocycles. The third-order valence-corrected chi connectivity index (χ3v) is 6.29. The zero-order valence-electron chi connectivity index (χ0n) is 17.0. The van der Waals surface area contributed by atoms with Crippen molar-refractivity contribution in [3.8, 4) is 0 Å². The number of nitroso groups, excluding NO2 is 1. The van der Waals surface area contributed by atoms with E-state index in [0.717, 1.165) is 47.5 Å². The highest BCUT2D eigenvalue weighted by Gasteiger charge is 2.31. The zero-order valence-corrected chi connectivity index (χ0v) is 17.0. The van der Waals surface area contributed by atoms with Crippen LogP contribution in [0.25, 0.3) is 0 Å². The molecule has 0 aromatic heterocycles. The number of nitrogens with zero attached hydrogens (tertiary/aromatic N) is 2. The van der Waals surface area contributed by atoms with Crippen molar-refractivity contribution in [1.29, 1.82) is 0 Å². The molecule has 164 valence electrons. The number of piperidine rings is 1. The summed E-state index contributed by atoms with van der Waals surface area (Å²) in [6.07, 6.45) is -1.04. The number of nitrogens with one attached hydrogen (secondary N) is 1. The molecule has 1 heterocycles. The number of amides is 1. The maximum Gasteiger partial charge on any atom is 0.416 e. The lowest BCUT2D eigenvalue weighted by molar-refractivity contribution is -0.137. The number of carbonyl (C=O) groups excluding carboxylic acids is 1. The molecule has 0 saturated carbocycles. The summed E-state index contributed by atoms with van der Waals surface area (Å²) in [5, 5.41) is 6.22. The Balaban J connectivity index is 1.37. The molecular formula is C23H24F3N3O2. The van der Waals surface area contributed by atoms with Gasteiger partial charge in [-0.3, -0.25) is 4.79 Å². The van der Waals surface area contributed by atoms with Crippen LogP contribution < -0.4 is 10.2 Å². The fourth-order valence-electron chi connectivity index (χ4n) is 4.47. The predicted molar refractivity (Wildman–Crippen MR) is 113 cm³/mol. The van der Waals surface area contributed by atoms with Crippen molar-refractivity contribution in [2.24, 2.45) is 11.1 Å². The second-order valence-electron chi connectivity index (χ2n) is 8.24. The van der Waals surface area contributed by atoms with E-state index >= 15 is 0 Å². The van der Waals surface area contributed by atoms with Crippen LogP contribution >= 0.6 is 0 Å². The van der Waals surface area contributed by atoms with Crippen LogP contribution in [0.5, 0.6) is 0 Å². The number of rotatable bonds is 4. The number of alkyl halides is 3. The lowest BCUT2D eigenvalue weighted by Crippen LogP contribution is -2.38. The van der Waals surface area contributed by atoms with E-state index in [0.29, 0.717) is 32.4 Å². The topological polar surface area (TPSA) is 61.8 Å². The van der Waals surface area contributed by atoms with Crippen LogP contribution in [-0.4, -0.2) is 25.0 Å². The number of hydrogen-bond donors (Lipinski definition) is 1. The summed E-state index contributed by atoms with van der Waals surface area (Å²) in [7, 11) is 0. The molecule has 1 atom stereocenters. The van der Waals surface area contributed by atoms with Gasteiger partial charge < -0.3 is 10.2 Å². The fraction of sp³-hybridized carbons (Fsp3) is 0.435. The van der Waals surface area contributed by atoms with Gasteiger partial charge in [-0.1, -0.05) is 17.3 Å². The monoisotopic (exact) mass is 431 g/mol. The van der Waals surface area contributed by atoms with Gasteiger partial charge in [-0.25, -0.2) is 0 Å². The molecule has 1 saturated heterocycles. The van der Waals surface area contributed by atoms with Crippen LogP contribution in [-0.2, 0) is 23.8 Å². The van der Waals surface area contributed by atoms with Crippen LogP contribution in [0.15, 0.2) is 47.6 Å². The molecule has 0 spiro atoms. The van der Waals surface area contributed by atoms with Crippen molar-refractivity contribution in [3.63, 3.8) is 0 Å². The Kier molecular flexibility index (Phi) is 5.98. The van der Waals surface area contributed by atoms with E-state index in [1.807, 2.05) is 23.1 Å². The largest absolute Gasteiger partial charge is 0.416 e. The van der Waals surface area contributed by atoms with Crippen molar-refractivity contribution in [3.05, 3.63) is 64.1 Å². The summed E-state index contributed by atoms with van der Waals surface area (Å²) in [5.74, 6) is -0.216. The molecule has 2 aromatic carbocycles. The number of aryl methyl sites for hydroxylation is 1. The normalized spacial score (nSPS) is 19.6. The molecule has 2 aromatic rings. The summed E-state index contributed by atoms with van der Waals surface area (Å²) in [6, 6.07) is 10.7. The van der Waals surface area contributed by atoms with Gasteiger partial charge in [-0.2, -0.15) is 18.1 Å². The maximum atomic E-state index is 12.9. The third-order valence-electron chi connectivity index (χ3n) is 6.29. The van der Waals surface area contributed by atoms with Crippen molar-refractivity contribution >= 4 is 17.3 Å². The minimum absolute atomic E-state index is 0.0540. The van der Waals surface area contributed by atoms with E-state index in [1.54, 1.807) is 0 Å². The molecular weight excluding hydrogens is 407 g/mol. The number of anilines is 2. The van der Waals surface area contributed by atoms with E-state index in [4.69, 9.17) is 0 Å². The third kappa shape index (κ3) is 4.73. The summed E-state index contributed by atoms with van der Waals surface area (Å²) in [5.41, 5.74) is 2.96. The Bertz CT molecular complexity index is 952. The molecule has 0 bridgehead atoms. The molecule has 1 aliphatic carbocycles. The molecule has 8 heteroatoms. The van der Waals surface area contributed by atoms with Crippen LogP contribution in [0.2, 0.25) is 0 Å². The maximum absolute atomic E-state index is 12.9. The molecule has 2 aliphatic rings. The molecule has 1 amide bonds. The molecule has 31 heavy (non-hydrogen) atoms. The Hall–Kier alpha value is -2.90. The summed E-state index contributed by atoms with van der Waals surface area (Å²) in [4.78, 5) is 25.8. The fourth-order valence-corrected chi connectivity index (χ4v) is 4.47. The average Bonchev–Trinajstić information content (AvgIpc) is 2.78. The summed E-state index contributed by atoms with van der Waals surface area (Å²) < 4.78 is 38.2. The first-order valence-corrected chi connectivity index (χ1v) is 10.5. The van der Waals surface area contributed by atoms with E-state index in [9.17, 15) is 22.9 Å². The molecule has 4 rings (SSSR count). The lowest BCUT2D eigenvalue weighted by Gasteiger charge is -2.33. The van der Waals surface area contributed by atoms with Gasteiger partial charge in [-0.15, -0.1) is 0 Å². The highest BCUT2D eigenvalue weighted by Crippen LogP contribution is 2.33. The van der Waals surface area contributed by atoms with Gasteiger partial charge in [0.25, 0.3) is 0 Å². The Labute approximate surface area is 178 Å². The Morgan fingerprint density at radius 2 is 1.74 bits per heavy atom. The summed E-state index contributed by atoms with van der Waals surface area (Å²) in [6.45, 7) is 1.21. The minimum atomic E-state index is -4.35. The van der Waals surface area contributed by atoms with Crippen LogP contribution in [0.3, 0.4) is 0 Å². The average molecular weight is 431 g/mol. The second-order valence-corrected chi connectivity index (χ2v) is 8.24. The highest BCUT2D eigenvalue weighted by molar-refractivity contribution is 5.93.